The van der Waals surface area contributed by atoms with Gasteiger partial charge in [-0.2, -0.15) is 0 Å². The molecule has 0 bridgehead atoms. The maximum absolute atomic E-state index is 11.7. The van der Waals surface area contributed by atoms with Gasteiger partial charge in [-0.05, 0) is 31.0 Å². The van der Waals surface area contributed by atoms with Gasteiger partial charge in [0.1, 0.15) is 0 Å². The van der Waals surface area contributed by atoms with E-state index in [1.807, 2.05) is 32.0 Å². The SMILES string of the molecule is Cc1cc(CNC(=O)NCCC2(C)OCCO2)ccc1Cl. The quantitative estimate of drug-likeness (QED) is 0.878. The summed E-state index contributed by atoms with van der Waals surface area (Å²) in [5.41, 5.74) is 2.02. The molecule has 2 amide bonds. The molecule has 5 nitrogen and oxygen atoms in total. The van der Waals surface area contributed by atoms with E-state index in [4.69, 9.17) is 21.1 Å². The van der Waals surface area contributed by atoms with E-state index in [1.165, 1.54) is 0 Å². The molecule has 1 aliphatic rings. The second-order valence-electron chi connectivity index (χ2n) is 5.27. The second-order valence-corrected chi connectivity index (χ2v) is 5.68. The summed E-state index contributed by atoms with van der Waals surface area (Å²) >= 11 is 5.96. The lowest BCUT2D eigenvalue weighted by Gasteiger charge is -2.22. The Bertz CT molecular complexity index is 502. The lowest BCUT2D eigenvalue weighted by molar-refractivity contribution is -0.145. The van der Waals surface area contributed by atoms with Crippen molar-refractivity contribution in [1.29, 1.82) is 0 Å². The normalized spacial score (nSPS) is 16.7. The molecule has 1 aliphatic heterocycles. The standard InChI is InChI=1S/C15H21ClN2O3/c1-11-9-12(3-4-13(11)16)10-18-14(19)17-6-5-15(2)20-7-8-21-15/h3-4,9H,5-8,10H2,1-2H3,(H2,17,18,19). The van der Waals surface area contributed by atoms with Crippen LogP contribution < -0.4 is 10.6 Å². The summed E-state index contributed by atoms with van der Waals surface area (Å²) in [6.45, 7) is 6.01. The number of benzene rings is 1. The maximum Gasteiger partial charge on any atom is 0.315 e. The fourth-order valence-electron chi connectivity index (χ4n) is 2.17. The van der Waals surface area contributed by atoms with Gasteiger partial charge in [0.05, 0.1) is 13.2 Å². The molecule has 0 atom stereocenters. The fraction of sp³-hybridized carbons (Fsp3) is 0.533. The van der Waals surface area contributed by atoms with Gasteiger partial charge in [-0.25, -0.2) is 4.79 Å². The van der Waals surface area contributed by atoms with Gasteiger partial charge in [0.25, 0.3) is 0 Å². The number of hydrogen-bond acceptors (Lipinski definition) is 3. The van der Waals surface area contributed by atoms with Crippen molar-refractivity contribution in [3.8, 4) is 0 Å². The Kier molecular flexibility index (Phi) is 5.45. The number of nitrogens with one attached hydrogen (secondary N) is 2. The molecule has 0 spiro atoms. The lowest BCUT2D eigenvalue weighted by atomic mass is 10.1. The van der Waals surface area contributed by atoms with Crippen molar-refractivity contribution in [3.63, 3.8) is 0 Å². The lowest BCUT2D eigenvalue weighted by Crippen LogP contribution is -2.39. The van der Waals surface area contributed by atoms with E-state index in [0.29, 0.717) is 32.7 Å². The summed E-state index contributed by atoms with van der Waals surface area (Å²) in [6.07, 6.45) is 0.625. The molecule has 0 radical (unpaired) electrons. The highest BCUT2D eigenvalue weighted by Gasteiger charge is 2.30. The zero-order valence-corrected chi connectivity index (χ0v) is 13.1. The molecule has 1 aromatic carbocycles. The Labute approximate surface area is 130 Å². The minimum absolute atomic E-state index is 0.204. The van der Waals surface area contributed by atoms with Gasteiger partial charge in [0, 0.05) is 24.5 Å². The Morgan fingerprint density at radius 1 is 1.33 bits per heavy atom. The Morgan fingerprint density at radius 2 is 2.05 bits per heavy atom. The van der Waals surface area contributed by atoms with Crippen molar-refractivity contribution in [1.82, 2.24) is 10.6 Å². The van der Waals surface area contributed by atoms with Gasteiger partial charge < -0.3 is 20.1 Å². The van der Waals surface area contributed by atoms with Gasteiger partial charge in [-0.3, -0.25) is 0 Å². The van der Waals surface area contributed by atoms with Crippen LogP contribution in [-0.4, -0.2) is 31.6 Å². The summed E-state index contributed by atoms with van der Waals surface area (Å²) in [6, 6.07) is 5.49. The van der Waals surface area contributed by atoms with Crippen LogP contribution in [0.3, 0.4) is 0 Å². The van der Waals surface area contributed by atoms with E-state index in [2.05, 4.69) is 10.6 Å². The minimum atomic E-state index is -0.569. The summed E-state index contributed by atoms with van der Waals surface area (Å²) < 4.78 is 10.9. The Balaban J connectivity index is 1.68. The molecule has 2 N–H and O–H groups in total. The monoisotopic (exact) mass is 312 g/mol. The minimum Gasteiger partial charge on any atom is -0.348 e. The number of halogens is 1. The molecular weight excluding hydrogens is 292 g/mol. The molecule has 0 aromatic heterocycles. The number of ether oxygens (including phenoxy) is 2. The van der Waals surface area contributed by atoms with Crippen LogP contribution in [0.4, 0.5) is 4.79 Å². The highest BCUT2D eigenvalue weighted by molar-refractivity contribution is 6.31. The van der Waals surface area contributed by atoms with Crippen LogP contribution in [-0.2, 0) is 16.0 Å². The third kappa shape index (κ3) is 4.88. The number of rotatable bonds is 5. The molecule has 0 unspecified atom stereocenters. The molecule has 6 heteroatoms. The van der Waals surface area contributed by atoms with Crippen LogP contribution in [0.15, 0.2) is 18.2 Å². The summed E-state index contributed by atoms with van der Waals surface area (Å²) in [4.78, 5) is 11.7. The average molecular weight is 313 g/mol. The zero-order valence-electron chi connectivity index (χ0n) is 12.4. The molecule has 1 aromatic rings. The number of carbonyl (C=O) groups excluding carboxylic acids is 1. The van der Waals surface area contributed by atoms with Crippen LogP contribution >= 0.6 is 11.6 Å². The highest BCUT2D eigenvalue weighted by atomic mass is 35.5. The van der Waals surface area contributed by atoms with E-state index < -0.39 is 5.79 Å². The largest absolute Gasteiger partial charge is 0.348 e. The second kappa shape index (κ2) is 7.11. The third-order valence-electron chi connectivity index (χ3n) is 3.44. The van der Waals surface area contributed by atoms with Crippen molar-refractivity contribution in [2.24, 2.45) is 0 Å². The first kappa shape index (κ1) is 16.1. The molecule has 1 fully saturated rings. The molecular formula is C15H21ClN2O3. The van der Waals surface area contributed by atoms with Gasteiger partial charge in [-0.1, -0.05) is 23.7 Å². The van der Waals surface area contributed by atoms with Gasteiger partial charge in [0.15, 0.2) is 5.79 Å². The van der Waals surface area contributed by atoms with Crippen molar-refractivity contribution in [2.45, 2.75) is 32.6 Å². The van der Waals surface area contributed by atoms with Crippen molar-refractivity contribution >= 4 is 17.6 Å². The Hall–Kier alpha value is -1.30. The van der Waals surface area contributed by atoms with Crippen LogP contribution in [0.25, 0.3) is 0 Å². The van der Waals surface area contributed by atoms with Crippen molar-refractivity contribution in [2.75, 3.05) is 19.8 Å². The van der Waals surface area contributed by atoms with Crippen molar-refractivity contribution < 1.29 is 14.3 Å². The molecule has 2 rings (SSSR count). The first-order valence-electron chi connectivity index (χ1n) is 7.03. The van der Waals surface area contributed by atoms with Crippen LogP contribution in [0, 0.1) is 6.92 Å². The fourth-order valence-corrected chi connectivity index (χ4v) is 2.28. The number of urea groups is 1. The first-order chi connectivity index (χ1) is 9.98. The van der Waals surface area contributed by atoms with E-state index in [0.717, 1.165) is 16.1 Å². The predicted octanol–water partition coefficient (Wildman–Crippen LogP) is 2.60. The van der Waals surface area contributed by atoms with Gasteiger partial charge in [-0.15, -0.1) is 0 Å². The summed E-state index contributed by atoms with van der Waals surface area (Å²) in [5, 5.41) is 6.33. The molecule has 116 valence electrons. The van der Waals surface area contributed by atoms with Crippen LogP contribution in [0.2, 0.25) is 5.02 Å². The highest BCUT2D eigenvalue weighted by Crippen LogP contribution is 2.21. The molecule has 0 saturated carbocycles. The molecule has 21 heavy (non-hydrogen) atoms. The van der Waals surface area contributed by atoms with Gasteiger partial charge in [0.2, 0.25) is 0 Å². The summed E-state index contributed by atoms with van der Waals surface area (Å²) in [7, 11) is 0. The number of hydrogen-bond donors (Lipinski definition) is 2. The van der Waals surface area contributed by atoms with Crippen LogP contribution in [0.1, 0.15) is 24.5 Å². The van der Waals surface area contributed by atoms with E-state index >= 15 is 0 Å². The molecule has 0 aliphatic carbocycles. The van der Waals surface area contributed by atoms with E-state index in [-0.39, 0.29) is 6.03 Å². The number of aryl methyl sites for hydroxylation is 1. The van der Waals surface area contributed by atoms with Crippen molar-refractivity contribution in [3.05, 3.63) is 34.3 Å². The third-order valence-corrected chi connectivity index (χ3v) is 3.86. The molecule has 1 saturated heterocycles. The average Bonchev–Trinajstić information content (AvgIpc) is 2.87. The smallest absolute Gasteiger partial charge is 0.315 e. The van der Waals surface area contributed by atoms with Gasteiger partial charge >= 0.3 is 6.03 Å². The topological polar surface area (TPSA) is 59.6 Å². The Morgan fingerprint density at radius 3 is 2.71 bits per heavy atom. The predicted molar refractivity (Wildman–Crippen MR) is 81.4 cm³/mol. The van der Waals surface area contributed by atoms with Crippen LogP contribution in [0.5, 0.6) is 0 Å². The summed E-state index contributed by atoms with van der Waals surface area (Å²) in [5.74, 6) is -0.569. The maximum atomic E-state index is 11.7. The number of amides is 2. The first-order valence-corrected chi connectivity index (χ1v) is 7.41. The number of carbonyl (C=O) groups is 1. The zero-order chi connectivity index (χ0) is 15.3. The van der Waals surface area contributed by atoms with E-state index in [9.17, 15) is 4.79 Å². The van der Waals surface area contributed by atoms with E-state index in [1.54, 1.807) is 0 Å². The molecule has 1 heterocycles.